The van der Waals surface area contributed by atoms with Crippen LogP contribution in [0.25, 0.3) is 11.0 Å². The van der Waals surface area contributed by atoms with Crippen molar-refractivity contribution in [1.29, 1.82) is 5.26 Å². The van der Waals surface area contributed by atoms with E-state index in [2.05, 4.69) is 28.2 Å². The zero-order valence-corrected chi connectivity index (χ0v) is 10.4. The van der Waals surface area contributed by atoms with Gasteiger partial charge in [0, 0.05) is 29.1 Å². The Kier molecular flexibility index (Phi) is 2.79. The maximum atomic E-state index is 9.14. The fraction of sp³-hybridized carbons (Fsp3) is 0.467. The standard InChI is InChI=1S/C15H17N3/c16-9-8-15(6-2-1-3-7-15)13-11-12-5-4-10-17-14(12)18-13/h4-5,10-11H,1-3,6-8H2,(H,17,18). The highest BCUT2D eigenvalue weighted by molar-refractivity contribution is 5.76. The highest BCUT2D eigenvalue weighted by Crippen LogP contribution is 2.42. The molecule has 1 N–H and O–H groups in total. The number of H-pyrrole nitrogens is 1. The molecule has 2 aromatic heterocycles. The van der Waals surface area contributed by atoms with Gasteiger partial charge in [-0.25, -0.2) is 4.98 Å². The van der Waals surface area contributed by atoms with Crippen molar-refractivity contribution in [2.45, 2.75) is 43.9 Å². The molecule has 0 saturated heterocycles. The molecule has 1 aliphatic rings. The summed E-state index contributed by atoms with van der Waals surface area (Å²) in [6.45, 7) is 0. The lowest BCUT2D eigenvalue weighted by atomic mass is 9.70. The number of aromatic nitrogens is 2. The average molecular weight is 239 g/mol. The lowest BCUT2D eigenvalue weighted by molar-refractivity contribution is 0.292. The van der Waals surface area contributed by atoms with Crippen LogP contribution in [0.15, 0.2) is 24.4 Å². The van der Waals surface area contributed by atoms with Crippen LogP contribution in [0.2, 0.25) is 0 Å². The minimum atomic E-state index is 0.0354. The van der Waals surface area contributed by atoms with Crippen LogP contribution in [0.1, 0.15) is 44.2 Å². The molecule has 0 spiro atoms. The molecule has 0 bridgehead atoms. The van der Waals surface area contributed by atoms with Gasteiger partial charge in [0.25, 0.3) is 0 Å². The quantitative estimate of drug-likeness (QED) is 0.869. The first-order valence-corrected chi connectivity index (χ1v) is 6.65. The van der Waals surface area contributed by atoms with E-state index in [0.29, 0.717) is 6.42 Å². The summed E-state index contributed by atoms with van der Waals surface area (Å²) in [5.74, 6) is 0. The Bertz CT molecular complexity index is 552. The molecule has 0 atom stereocenters. The Morgan fingerprint density at radius 2 is 2.17 bits per heavy atom. The average Bonchev–Trinajstić information content (AvgIpc) is 2.84. The highest BCUT2D eigenvalue weighted by Gasteiger charge is 2.35. The van der Waals surface area contributed by atoms with Gasteiger partial charge in [0.1, 0.15) is 5.65 Å². The molecule has 2 aromatic rings. The fourth-order valence-corrected chi connectivity index (χ4v) is 3.16. The van der Waals surface area contributed by atoms with Gasteiger partial charge in [-0.1, -0.05) is 19.3 Å². The summed E-state index contributed by atoms with van der Waals surface area (Å²) in [6.07, 6.45) is 8.40. The summed E-state index contributed by atoms with van der Waals surface area (Å²) < 4.78 is 0. The molecule has 0 aromatic carbocycles. The highest BCUT2D eigenvalue weighted by atomic mass is 14.9. The molecule has 3 rings (SSSR count). The first-order valence-electron chi connectivity index (χ1n) is 6.65. The summed E-state index contributed by atoms with van der Waals surface area (Å²) in [4.78, 5) is 7.78. The Hall–Kier alpha value is -1.82. The van der Waals surface area contributed by atoms with Gasteiger partial charge in [-0.3, -0.25) is 0 Å². The van der Waals surface area contributed by atoms with E-state index in [1.54, 1.807) is 6.20 Å². The van der Waals surface area contributed by atoms with Crippen molar-refractivity contribution in [3.05, 3.63) is 30.1 Å². The Morgan fingerprint density at radius 3 is 2.89 bits per heavy atom. The number of hydrogen-bond acceptors (Lipinski definition) is 2. The van der Waals surface area contributed by atoms with Crippen LogP contribution in [-0.2, 0) is 5.41 Å². The van der Waals surface area contributed by atoms with E-state index >= 15 is 0 Å². The predicted octanol–water partition coefficient (Wildman–Crippen LogP) is 3.68. The fourth-order valence-electron chi connectivity index (χ4n) is 3.16. The molecule has 3 heteroatoms. The smallest absolute Gasteiger partial charge is 0.137 e. The number of nitriles is 1. The number of aromatic amines is 1. The van der Waals surface area contributed by atoms with E-state index in [4.69, 9.17) is 5.26 Å². The van der Waals surface area contributed by atoms with Crippen LogP contribution < -0.4 is 0 Å². The van der Waals surface area contributed by atoms with Gasteiger partial charge in [0.15, 0.2) is 0 Å². The van der Waals surface area contributed by atoms with Gasteiger partial charge in [0.05, 0.1) is 6.07 Å². The SMILES string of the molecule is N#CCC1(c2cc3cccnc3[nH]2)CCCCC1. The van der Waals surface area contributed by atoms with Gasteiger partial charge in [-0.2, -0.15) is 5.26 Å². The van der Waals surface area contributed by atoms with E-state index in [1.165, 1.54) is 25.0 Å². The van der Waals surface area contributed by atoms with Crippen molar-refractivity contribution in [1.82, 2.24) is 9.97 Å². The molecule has 0 aliphatic heterocycles. The van der Waals surface area contributed by atoms with E-state index in [0.717, 1.165) is 23.9 Å². The van der Waals surface area contributed by atoms with E-state index in [-0.39, 0.29) is 5.41 Å². The van der Waals surface area contributed by atoms with Gasteiger partial charge >= 0.3 is 0 Å². The third-order valence-corrected chi connectivity index (χ3v) is 4.19. The minimum Gasteiger partial charge on any atom is -0.343 e. The summed E-state index contributed by atoms with van der Waals surface area (Å²) >= 11 is 0. The lowest BCUT2D eigenvalue weighted by Crippen LogP contribution is -2.29. The summed E-state index contributed by atoms with van der Waals surface area (Å²) in [5.41, 5.74) is 2.18. The number of fused-ring (bicyclic) bond motifs is 1. The zero-order chi connectivity index (χ0) is 12.4. The number of hydrogen-bond donors (Lipinski definition) is 1. The number of pyridine rings is 1. The van der Waals surface area contributed by atoms with E-state index in [1.807, 2.05) is 6.07 Å². The van der Waals surface area contributed by atoms with Crippen molar-refractivity contribution >= 4 is 11.0 Å². The van der Waals surface area contributed by atoms with Crippen LogP contribution in [0.4, 0.5) is 0 Å². The minimum absolute atomic E-state index is 0.0354. The summed E-state index contributed by atoms with van der Waals surface area (Å²) in [6, 6.07) is 8.60. The Labute approximate surface area is 107 Å². The number of nitrogens with zero attached hydrogens (tertiary/aromatic N) is 2. The van der Waals surface area contributed by atoms with Crippen LogP contribution in [-0.4, -0.2) is 9.97 Å². The second-order valence-corrected chi connectivity index (χ2v) is 5.30. The van der Waals surface area contributed by atoms with Crippen LogP contribution in [0, 0.1) is 11.3 Å². The van der Waals surface area contributed by atoms with Gasteiger partial charge < -0.3 is 4.98 Å². The molecular formula is C15H17N3. The van der Waals surface area contributed by atoms with Crippen molar-refractivity contribution < 1.29 is 0 Å². The van der Waals surface area contributed by atoms with Crippen molar-refractivity contribution in [3.8, 4) is 6.07 Å². The molecule has 1 aliphatic carbocycles. The monoisotopic (exact) mass is 239 g/mol. The van der Waals surface area contributed by atoms with Crippen LogP contribution >= 0.6 is 0 Å². The van der Waals surface area contributed by atoms with E-state index in [9.17, 15) is 0 Å². The summed E-state index contributed by atoms with van der Waals surface area (Å²) in [7, 11) is 0. The topological polar surface area (TPSA) is 52.5 Å². The normalized spacial score (nSPS) is 18.6. The first-order chi connectivity index (χ1) is 8.84. The lowest BCUT2D eigenvalue weighted by Gasteiger charge is -2.34. The molecular weight excluding hydrogens is 222 g/mol. The molecule has 18 heavy (non-hydrogen) atoms. The van der Waals surface area contributed by atoms with Crippen LogP contribution in [0.3, 0.4) is 0 Å². The van der Waals surface area contributed by atoms with E-state index < -0.39 is 0 Å². The van der Waals surface area contributed by atoms with Gasteiger partial charge in [0.2, 0.25) is 0 Å². The number of rotatable bonds is 2. The molecule has 3 nitrogen and oxygen atoms in total. The third-order valence-electron chi connectivity index (χ3n) is 4.19. The second-order valence-electron chi connectivity index (χ2n) is 5.30. The molecule has 0 unspecified atom stereocenters. The number of nitrogens with one attached hydrogen (secondary N) is 1. The maximum Gasteiger partial charge on any atom is 0.137 e. The zero-order valence-electron chi connectivity index (χ0n) is 10.4. The van der Waals surface area contributed by atoms with Crippen molar-refractivity contribution in [2.75, 3.05) is 0 Å². The summed E-state index contributed by atoms with van der Waals surface area (Å²) in [5, 5.41) is 10.3. The molecule has 0 radical (unpaired) electrons. The van der Waals surface area contributed by atoms with Crippen molar-refractivity contribution in [2.24, 2.45) is 0 Å². The second kappa shape index (κ2) is 4.45. The third kappa shape index (κ3) is 1.78. The largest absolute Gasteiger partial charge is 0.343 e. The van der Waals surface area contributed by atoms with Crippen molar-refractivity contribution in [3.63, 3.8) is 0 Å². The van der Waals surface area contributed by atoms with Gasteiger partial charge in [-0.05, 0) is 31.0 Å². The van der Waals surface area contributed by atoms with Crippen LogP contribution in [0.5, 0.6) is 0 Å². The molecule has 1 fully saturated rings. The predicted molar refractivity (Wildman–Crippen MR) is 71.1 cm³/mol. The molecule has 1 saturated carbocycles. The Morgan fingerprint density at radius 1 is 1.33 bits per heavy atom. The molecule has 92 valence electrons. The first kappa shape index (κ1) is 11.3. The Balaban J connectivity index is 2.06. The van der Waals surface area contributed by atoms with Gasteiger partial charge in [-0.15, -0.1) is 0 Å². The maximum absolute atomic E-state index is 9.14. The molecule has 2 heterocycles. The molecule has 0 amide bonds.